The molecule has 1 heterocycles. The summed E-state index contributed by atoms with van der Waals surface area (Å²) in [5, 5.41) is 7.65. The van der Waals surface area contributed by atoms with Gasteiger partial charge in [-0.05, 0) is 12.1 Å². The second-order valence-electron chi connectivity index (χ2n) is 4.25. The first-order valence-electron chi connectivity index (χ1n) is 6.40. The number of hydrogen-bond acceptors (Lipinski definition) is 3. The molecule has 0 aliphatic rings. The van der Waals surface area contributed by atoms with Gasteiger partial charge < -0.3 is 10.1 Å². The number of hydrogen-bond donors (Lipinski definition) is 1. The summed E-state index contributed by atoms with van der Waals surface area (Å²) in [6.07, 6.45) is 1.61. The summed E-state index contributed by atoms with van der Waals surface area (Å²) in [5.41, 5.74) is 1.71. The highest BCUT2D eigenvalue weighted by molar-refractivity contribution is 6.33. The van der Waals surface area contributed by atoms with E-state index < -0.39 is 0 Å². The second kappa shape index (κ2) is 7.26. The van der Waals surface area contributed by atoms with Gasteiger partial charge in [0.25, 0.3) is 0 Å². The molecule has 1 aromatic carbocycles. The van der Waals surface area contributed by atoms with Crippen LogP contribution in [0.3, 0.4) is 0 Å². The van der Waals surface area contributed by atoms with Gasteiger partial charge in [0.05, 0.1) is 16.9 Å². The minimum Gasteiger partial charge on any atom is -0.492 e. The van der Waals surface area contributed by atoms with E-state index in [1.54, 1.807) is 10.9 Å². The number of ether oxygens (including phenoxy) is 1. The van der Waals surface area contributed by atoms with Crippen LogP contribution >= 0.6 is 11.6 Å². The van der Waals surface area contributed by atoms with Crippen LogP contribution in [0.2, 0.25) is 5.02 Å². The third-order valence-electron chi connectivity index (χ3n) is 2.84. The summed E-state index contributed by atoms with van der Waals surface area (Å²) in [6, 6.07) is 7.64. The summed E-state index contributed by atoms with van der Waals surface area (Å²) in [7, 11) is 1.83. The fourth-order valence-electron chi connectivity index (χ4n) is 1.93. The number of rotatable bonds is 7. The van der Waals surface area contributed by atoms with Gasteiger partial charge in [-0.25, -0.2) is 4.39 Å². The molecule has 1 aromatic heterocycles. The van der Waals surface area contributed by atoms with E-state index in [1.807, 2.05) is 31.3 Å². The van der Waals surface area contributed by atoms with Gasteiger partial charge in [0, 0.05) is 25.7 Å². The van der Waals surface area contributed by atoms with Crippen LogP contribution in [0.4, 0.5) is 4.39 Å². The fraction of sp³-hybridized carbons (Fsp3) is 0.357. The summed E-state index contributed by atoms with van der Waals surface area (Å²) in [5.74, 6) is 0.736. The van der Waals surface area contributed by atoms with Crippen molar-refractivity contribution < 1.29 is 9.13 Å². The zero-order chi connectivity index (χ0) is 14.4. The first kappa shape index (κ1) is 14.8. The Morgan fingerprint density at radius 2 is 2.15 bits per heavy atom. The zero-order valence-corrected chi connectivity index (χ0v) is 12.0. The van der Waals surface area contributed by atoms with E-state index in [-0.39, 0.29) is 6.67 Å². The van der Waals surface area contributed by atoms with Crippen molar-refractivity contribution in [1.29, 1.82) is 0 Å². The molecule has 0 unspecified atom stereocenters. The smallest absolute Gasteiger partial charge is 0.128 e. The first-order chi connectivity index (χ1) is 9.74. The van der Waals surface area contributed by atoms with Crippen LogP contribution in [0.5, 0.6) is 5.75 Å². The predicted octanol–water partition coefficient (Wildman–Crippen LogP) is 2.68. The maximum atomic E-state index is 12.0. The maximum absolute atomic E-state index is 12.0. The third-order valence-corrected chi connectivity index (χ3v) is 3.12. The highest BCUT2D eigenvalue weighted by atomic mass is 35.5. The molecule has 0 amide bonds. The Morgan fingerprint density at radius 1 is 1.35 bits per heavy atom. The normalized spacial score (nSPS) is 10.8. The molecule has 0 fully saturated rings. The van der Waals surface area contributed by atoms with Crippen molar-refractivity contribution in [2.75, 3.05) is 26.4 Å². The lowest BCUT2D eigenvalue weighted by Crippen LogP contribution is -2.23. The molecule has 2 rings (SSSR count). The molecule has 20 heavy (non-hydrogen) atoms. The lowest BCUT2D eigenvalue weighted by Gasteiger charge is -2.12. The molecule has 0 atom stereocenters. The Balaban J connectivity index is 2.11. The largest absolute Gasteiger partial charge is 0.492 e. The van der Waals surface area contributed by atoms with Crippen molar-refractivity contribution in [2.24, 2.45) is 7.05 Å². The molecular formula is C14H17ClFN3O. The summed E-state index contributed by atoms with van der Waals surface area (Å²) < 4.78 is 19.4. The molecule has 6 heteroatoms. The second-order valence-corrected chi connectivity index (χ2v) is 4.66. The van der Waals surface area contributed by atoms with Crippen molar-refractivity contribution in [3.05, 3.63) is 35.5 Å². The van der Waals surface area contributed by atoms with Crippen molar-refractivity contribution >= 4 is 11.6 Å². The number of alkyl halides is 1. The van der Waals surface area contributed by atoms with Gasteiger partial charge in [-0.15, -0.1) is 0 Å². The molecule has 4 nitrogen and oxygen atoms in total. The highest BCUT2D eigenvalue weighted by Crippen LogP contribution is 2.34. The van der Waals surface area contributed by atoms with E-state index in [9.17, 15) is 4.39 Å². The number of halogens is 2. The lowest BCUT2D eigenvalue weighted by molar-refractivity contribution is 0.311. The number of aromatic nitrogens is 2. The number of aryl methyl sites for hydroxylation is 1. The standard InChI is InChI=1S/C14H17ClFN3O/c1-19-14(12(15)10-18-19)11-4-2-3-5-13(11)20-9-8-17-7-6-16/h2-5,10,17H,6-9H2,1H3. The first-order valence-corrected chi connectivity index (χ1v) is 6.78. The minimum atomic E-state index is -0.374. The summed E-state index contributed by atoms with van der Waals surface area (Å²) in [4.78, 5) is 0. The van der Waals surface area contributed by atoms with Gasteiger partial charge in [0.2, 0.25) is 0 Å². The van der Waals surface area contributed by atoms with Crippen LogP contribution in [0, 0.1) is 0 Å². The molecule has 0 aliphatic heterocycles. The summed E-state index contributed by atoms with van der Waals surface area (Å²) >= 11 is 6.16. The van der Waals surface area contributed by atoms with Gasteiger partial charge in [0.15, 0.2) is 0 Å². The monoisotopic (exact) mass is 297 g/mol. The molecule has 0 saturated heterocycles. The molecule has 0 saturated carbocycles. The summed E-state index contributed by atoms with van der Waals surface area (Å²) in [6.45, 7) is 1.03. The molecule has 108 valence electrons. The Labute approximate surface area is 122 Å². The topological polar surface area (TPSA) is 39.1 Å². The van der Waals surface area contributed by atoms with Crippen LogP contribution in [-0.2, 0) is 7.05 Å². The third kappa shape index (κ3) is 3.49. The van der Waals surface area contributed by atoms with Gasteiger partial charge in [-0.1, -0.05) is 23.7 Å². The van der Waals surface area contributed by atoms with E-state index >= 15 is 0 Å². The number of benzene rings is 1. The van der Waals surface area contributed by atoms with Crippen LogP contribution in [0.25, 0.3) is 11.3 Å². The maximum Gasteiger partial charge on any atom is 0.128 e. The number of para-hydroxylation sites is 1. The molecule has 0 radical (unpaired) electrons. The molecule has 0 bridgehead atoms. The average Bonchev–Trinajstić information content (AvgIpc) is 2.79. The Hall–Kier alpha value is -1.59. The predicted molar refractivity (Wildman–Crippen MR) is 78.0 cm³/mol. The lowest BCUT2D eigenvalue weighted by atomic mass is 10.1. The van der Waals surface area contributed by atoms with Crippen LogP contribution in [0.15, 0.2) is 30.5 Å². The van der Waals surface area contributed by atoms with Gasteiger partial charge in [-0.2, -0.15) is 5.10 Å². The van der Waals surface area contributed by atoms with Crippen molar-refractivity contribution in [3.8, 4) is 17.0 Å². The van der Waals surface area contributed by atoms with Gasteiger partial charge in [0.1, 0.15) is 19.0 Å². The van der Waals surface area contributed by atoms with E-state index in [0.717, 1.165) is 17.0 Å². The zero-order valence-electron chi connectivity index (χ0n) is 11.3. The van der Waals surface area contributed by atoms with Gasteiger partial charge >= 0.3 is 0 Å². The Morgan fingerprint density at radius 3 is 2.85 bits per heavy atom. The Kier molecular flexibility index (Phi) is 5.38. The number of nitrogens with zero attached hydrogens (tertiary/aromatic N) is 2. The van der Waals surface area contributed by atoms with Crippen LogP contribution < -0.4 is 10.1 Å². The van der Waals surface area contributed by atoms with Crippen molar-refractivity contribution in [2.45, 2.75) is 0 Å². The van der Waals surface area contributed by atoms with E-state index in [4.69, 9.17) is 16.3 Å². The minimum absolute atomic E-state index is 0.346. The molecular weight excluding hydrogens is 281 g/mol. The van der Waals surface area contributed by atoms with E-state index in [0.29, 0.717) is 24.7 Å². The fourth-order valence-corrected chi connectivity index (χ4v) is 2.19. The van der Waals surface area contributed by atoms with Gasteiger partial charge in [-0.3, -0.25) is 4.68 Å². The number of nitrogens with one attached hydrogen (secondary N) is 1. The van der Waals surface area contributed by atoms with Crippen molar-refractivity contribution in [1.82, 2.24) is 15.1 Å². The van der Waals surface area contributed by atoms with Crippen LogP contribution in [-0.4, -0.2) is 36.2 Å². The average molecular weight is 298 g/mol. The molecule has 1 N–H and O–H groups in total. The SMILES string of the molecule is Cn1ncc(Cl)c1-c1ccccc1OCCNCCF. The highest BCUT2D eigenvalue weighted by Gasteiger charge is 2.13. The van der Waals surface area contributed by atoms with Crippen LogP contribution in [0.1, 0.15) is 0 Å². The molecule has 0 aliphatic carbocycles. The van der Waals surface area contributed by atoms with E-state index in [1.165, 1.54) is 0 Å². The quantitative estimate of drug-likeness (QED) is 0.799. The molecule has 0 spiro atoms. The molecule has 2 aromatic rings. The van der Waals surface area contributed by atoms with E-state index in [2.05, 4.69) is 10.4 Å². The van der Waals surface area contributed by atoms with Crippen molar-refractivity contribution in [3.63, 3.8) is 0 Å². The Bertz CT molecular complexity index is 540.